The standard InChI is InChI=1S/C26H24N2O3S2/c29-25-23-19-9-5-2-6-10-22(19)33-24(23)27-26(28(25)18-7-3-1-4-8-18)32-16-17-11-12-20-21(15-17)31-14-13-30-20/h1,3-4,7-8,11-12,15H,2,5-6,9-10,13-14,16H2. The number of nitrogens with zero attached hydrogens (tertiary/aromatic N) is 2. The maximum atomic E-state index is 13.9. The highest BCUT2D eigenvalue weighted by Crippen LogP contribution is 2.36. The molecule has 0 saturated carbocycles. The predicted octanol–water partition coefficient (Wildman–Crippen LogP) is 5.78. The summed E-state index contributed by atoms with van der Waals surface area (Å²) in [4.78, 5) is 21.1. The van der Waals surface area contributed by atoms with Crippen LogP contribution in [-0.2, 0) is 18.6 Å². The average molecular weight is 477 g/mol. The van der Waals surface area contributed by atoms with Crippen LogP contribution in [0.15, 0.2) is 58.5 Å². The van der Waals surface area contributed by atoms with Crippen LogP contribution in [0.2, 0.25) is 0 Å². The lowest BCUT2D eigenvalue weighted by Crippen LogP contribution is -2.22. The number of rotatable bonds is 4. The van der Waals surface area contributed by atoms with Gasteiger partial charge in [-0.3, -0.25) is 9.36 Å². The molecule has 2 aliphatic rings. The summed E-state index contributed by atoms with van der Waals surface area (Å²) in [5.74, 6) is 2.26. The lowest BCUT2D eigenvalue weighted by Gasteiger charge is -2.19. The second kappa shape index (κ2) is 8.88. The van der Waals surface area contributed by atoms with Crippen molar-refractivity contribution in [2.75, 3.05) is 13.2 Å². The summed E-state index contributed by atoms with van der Waals surface area (Å²) in [7, 11) is 0. The smallest absolute Gasteiger partial charge is 0.267 e. The van der Waals surface area contributed by atoms with Gasteiger partial charge in [0.25, 0.3) is 5.56 Å². The molecule has 0 N–H and O–H groups in total. The number of para-hydroxylation sites is 1. The van der Waals surface area contributed by atoms with Crippen LogP contribution >= 0.6 is 23.1 Å². The first-order valence-electron chi connectivity index (χ1n) is 11.4. The van der Waals surface area contributed by atoms with Crippen LogP contribution in [0.5, 0.6) is 11.5 Å². The summed E-state index contributed by atoms with van der Waals surface area (Å²) in [5, 5.41) is 1.55. The highest BCUT2D eigenvalue weighted by atomic mass is 32.2. The molecule has 0 amide bonds. The topological polar surface area (TPSA) is 53.4 Å². The van der Waals surface area contributed by atoms with E-state index in [-0.39, 0.29) is 5.56 Å². The molecule has 2 aromatic carbocycles. The number of ether oxygens (including phenoxy) is 2. The number of thioether (sulfide) groups is 1. The van der Waals surface area contributed by atoms with Gasteiger partial charge in [0.1, 0.15) is 18.0 Å². The van der Waals surface area contributed by atoms with Crippen LogP contribution in [-0.4, -0.2) is 22.8 Å². The third kappa shape index (κ3) is 3.93. The van der Waals surface area contributed by atoms with Crippen molar-refractivity contribution in [2.24, 2.45) is 0 Å². The van der Waals surface area contributed by atoms with Gasteiger partial charge in [-0.1, -0.05) is 42.4 Å². The molecule has 3 heterocycles. The maximum absolute atomic E-state index is 13.9. The Bertz CT molecular complexity index is 1380. The van der Waals surface area contributed by atoms with E-state index in [1.54, 1.807) is 27.7 Å². The monoisotopic (exact) mass is 476 g/mol. The van der Waals surface area contributed by atoms with Gasteiger partial charge in [-0.05, 0) is 61.1 Å². The van der Waals surface area contributed by atoms with Crippen molar-refractivity contribution in [3.8, 4) is 17.2 Å². The molecule has 168 valence electrons. The van der Waals surface area contributed by atoms with Crippen LogP contribution in [0.4, 0.5) is 0 Å². The largest absolute Gasteiger partial charge is 0.486 e. The number of fused-ring (bicyclic) bond motifs is 4. The predicted molar refractivity (Wildman–Crippen MR) is 133 cm³/mol. The van der Waals surface area contributed by atoms with E-state index in [1.807, 2.05) is 42.5 Å². The fraction of sp³-hybridized carbons (Fsp3) is 0.308. The fourth-order valence-corrected chi connectivity index (χ4v) is 6.85. The first kappa shape index (κ1) is 20.8. The van der Waals surface area contributed by atoms with Gasteiger partial charge >= 0.3 is 0 Å². The molecule has 5 nitrogen and oxygen atoms in total. The Morgan fingerprint density at radius 2 is 1.79 bits per heavy atom. The lowest BCUT2D eigenvalue weighted by atomic mass is 10.1. The van der Waals surface area contributed by atoms with Crippen molar-refractivity contribution in [3.05, 3.63) is 74.9 Å². The Morgan fingerprint density at radius 1 is 0.970 bits per heavy atom. The van der Waals surface area contributed by atoms with Gasteiger partial charge < -0.3 is 9.47 Å². The minimum atomic E-state index is 0.0512. The molecule has 0 unspecified atom stereocenters. The molecular formula is C26H24N2O3S2. The van der Waals surface area contributed by atoms with Crippen LogP contribution < -0.4 is 15.0 Å². The molecule has 7 heteroatoms. The molecule has 1 aliphatic heterocycles. The third-order valence-corrected chi connectivity index (χ3v) is 8.39. The second-order valence-corrected chi connectivity index (χ2v) is 10.4. The van der Waals surface area contributed by atoms with Crippen LogP contribution in [0.1, 0.15) is 35.3 Å². The van der Waals surface area contributed by atoms with Gasteiger partial charge in [0, 0.05) is 10.6 Å². The molecule has 0 atom stereocenters. The number of thiophene rings is 1. The summed E-state index contributed by atoms with van der Waals surface area (Å²) in [6.07, 6.45) is 5.60. The highest BCUT2D eigenvalue weighted by Gasteiger charge is 2.22. The molecule has 1 aliphatic carbocycles. The molecule has 6 rings (SSSR count). The van der Waals surface area contributed by atoms with E-state index in [0.717, 1.165) is 57.4 Å². The first-order valence-corrected chi connectivity index (χ1v) is 13.2. The Labute approximate surface area is 200 Å². The molecule has 0 radical (unpaired) electrons. The molecule has 4 aromatic rings. The van der Waals surface area contributed by atoms with Crippen molar-refractivity contribution in [1.82, 2.24) is 9.55 Å². The fourth-order valence-electron chi connectivity index (χ4n) is 4.59. The molecule has 0 saturated heterocycles. The molecule has 0 fully saturated rings. The quantitative estimate of drug-likeness (QED) is 0.212. The summed E-state index contributed by atoms with van der Waals surface area (Å²) in [6.45, 7) is 1.15. The number of hydrogen-bond donors (Lipinski definition) is 0. The van der Waals surface area contributed by atoms with E-state index in [0.29, 0.717) is 19.0 Å². The Kier molecular flexibility index (Phi) is 5.60. The van der Waals surface area contributed by atoms with Crippen molar-refractivity contribution >= 4 is 33.3 Å². The lowest BCUT2D eigenvalue weighted by molar-refractivity contribution is 0.171. The Balaban J connectivity index is 1.43. The normalized spacial score (nSPS) is 15.3. The molecule has 33 heavy (non-hydrogen) atoms. The number of aromatic nitrogens is 2. The third-order valence-electron chi connectivity index (χ3n) is 6.20. The second-order valence-electron chi connectivity index (χ2n) is 8.38. The highest BCUT2D eigenvalue weighted by molar-refractivity contribution is 7.98. The van der Waals surface area contributed by atoms with Crippen LogP contribution in [0.3, 0.4) is 0 Å². The zero-order valence-corrected chi connectivity index (χ0v) is 19.8. The number of hydrogen-bond acceptors (Lipinski definition) is 6. The van der Waals surface area contributed by atoms with Gasteiger partial charge in [0.2, 0.25) is 0 Å². The number of benzene rings is 2. The van der Waals surface area contributed by atoms with Crippen molar-refractivity contribution in [2.45, 2.75) is 43.0 Å². The van der Waals surface area contributed by atoms with E-state index < -0.39 is 0 Å². The molecular weight excluding hydrogens is 452 g/mol. The van der Waals surface area contributed by atoms with E-state index >= 15 is 0 Å². The van der Waals surface area contributed by atoms with Crippen molar-refractivity contribution < 1.29 is 9.47 Å². The maximum Gasteiger partial charge on any atom is 0.267 e. The van der Waals surface area contributed by atoms with Crippen LogP contribution in [0, 0.1) is 0 Å². The molecule has 0 bridgehead atoms. The molecule has 2 aromatic heterocycles. The summed E-state index contributed by atoms with van der Waals surface area (Å²) >= 11 is 3.30. The van der Waals surface area contributed by atoms with E-state index in [2.05, 4.69) is 6.07 Å². The zero-order valence-electron chi connectivity index (χ0n) is 18.2. The minimum Gasteiger partial charge on any atom is -0.486 e. The minimum absolute atomic E-state index is 0.0512. The van der Waals surface area contributed by atoms with Gasteiger partial charge in [-0.2, -0.15) is 0 Å². The van der Waals surface area contributed by atoms with Crippen molar-refractivity contribution in [1.29, 1.82) is 0 Å². The van der Waals surface area contributed by atoms with E-state index in [9.17, 15) is 4.79 Å². The van der Waals surface area contributed by atoms with Crippen molar-refractivity contribution in [3.63, 3.8) is 0 Å². The van der Waals surface area contributed by atoms with E-state index in [4.69, 9.17) is 14.5 Å². The first-order chi connectivity index (χ1) is 16.3. The van der Waals surface area contributed by atoms with Crippen LogP contribution in [0.25, 0.3) is 15.9 Å². The van der Waals surface area contributed by atoms with Gasteiger partial charge in [0.15, 0.2) is 16.7 Å². The summed E-state index contributed by atoms with van der Waals surface area (Å²) in [6, 6.07) is 15.9. The van der Waals surface area contributed by atoms with Gasteiger partial charge in [-0.25, -0.2) is 4.98 Å². The zero-order chi connectivity index (χ0) is 22.2. The summed E-state index contributed by atoms with van der Waals surface area (Å²) < 4.78 is 13.2. The molecule has 0 spiro atoms. The van der Waals surface area contributed by atoms with Gasteiger partial charge in [0.05, 0.1) is 11.1 Å². The van der Waals surface area contributed by atoms with Gasteiger partial charge in [-0.15, -0.1) is 11.3 Å². The van der Waals surface area contributed by atoms with E-state index in [1.165, 1.54) is 23.3 Å². The average Bonchev–Trinajstić information content (AvgIpc) is 3.04. The SMILES string of the molecule is O=c1c2c3c(sc2nc(SCc2ccc4c(c2)OCCO4)n1-c1ccccc1)CCCCC3. The Morgan fingerprint density at radius 3 is 2.67 bits per heavy atom. The summed E-state index contributed by atoms with van der Waals surface area (Å²) in [5.41, 5.74) is 3.25. The Hall–Kier alpha value is -2.77. The number of aryl methyl sites for hydroxylation is 2.